The number of aryl methyl sites for hydroxylation is 2. The Bertz CT molecular complexity index is 826. The first-order valence-corrected chi connectivity index (χ1v) is 10.3. The lowest BCUT2D eigenvalue weighted by Crippen LogP contribution is -2.26. The molecule has 0 aliphatic heterocycles. The fourth-order valence-corrected chi connectivity index (χ4v) is 3.70. The summed E-state index contributed by atoms with van der Waals surface area (Å²) in [5.74, 6) is 0. The molecule has 0 aliphatic rings. The third-order valence-corrected chi connectivity index (χ3v) is 5.34. The van der Waals surface area contributed by atoms with Crippen LogP contribution in [0.2, 0.25) is 0 Å². The van der Waals surface area contributed by atoms with E-state index in [1.54, 1.807) is 0 Å². The van der Waals surface area contributed by atoms with Gasteiger partial charge in [0.15, 0.2) is 0 Å². The maximum atomic E-state index is 2.45. The van der Waals surface area contributed by atoms with Crippen LogP contribution in [0.1, 0.15) is 36.1 Å². The van der Waals surface area contributed by atoms with E-state index in [-0.39, 0.29) is 0 Å². The van der Waals surface area contributed by atoms with Crippen molar-refractivity contribution < 1.29 is 0 Å². The Labute approximate surface area is 170 Å². The van der Waals surface area contributed by atoms with Gasteiger partial charge < -0.3 is 9.80 Å². The van der Waals surface area contributed by atoms with Gasteiger partial charge in [0.25, 0.3) is 0 Å². The molecule has 28 heavy (non-hydrogen) atoms. The summed E-state index contributed by atoms with van der Waals surface area (Å²) < 4.78 is 0. The molecule has 0 unspecified atom stereocenters. The molecule has 0 fully saturated rings. The van der Waals surface area contributed by atoms with Gasteiger partial charge in [-0.2, -0.15) is 0 Å². The van der Waals surface area contributed by atoms with Gasteiger partial charge in [-0.1, -0.05) is 48.5 Å². The van der Waals surface area contributed by atoms with Crippen molar-refractivity contribution in [1.29, 1.82) is 0 Å². The maximum Gasteiger partial charge on any atom is 0.0432 e. The monoisotopic (exact) mass is 372 g/mol. The zero-order chi connectivity index (χ0) is 19.9. The molecule has 0 atom stereocenters. The predicted molar refractivity (Wildman–Crippen MR) is 122 cm³/mol. The Morgan fingerprint density at radius 1 is 0.571 bits per heavy atom. The highest BCUT2D eigenvalue weighted by Gasteiger charge is 2.12. The van der Waals surface area contributed by atoms with E-state index in [1.807, 2.05) is 0 Å². The Hall–Kier alpha value is -2.74. The van der Waals surface area contributed by atoms with E-state index >= 15 is 0 Å². The molecular formula is C26H32N2. The van der Waals surface area contributed by atoms with Crippen LogP contribution in [0.25, 0.3) is 0 Å². The van der Waals surface area contributed by atoms with Crippen molar-refractivity contribution in [2.75, 3.05) is 22.9 Å². The van der Waals surface area contributed by atoms with Gasteiger partial charge >= 0.3 is 0 Å². The van der Waals surface area contributed by atoms with Crippen LogP contribution in [0.4, 0.5) is 11.4 Å². The molecule has 3 aromatic carbocycles. The van der Waals surface area contributed by atoms with E-state index in [1.165, 1.54) is 33.6 Å². The molecule has 0 aromatic heterocycles. The van der Waals surface area contributed by atoms with Crippen LogP contribution < -0.4 is 9.80 Å². The average molecular weight is 373 g/mol. The topological polar surface area (TPSA) is 6.48 Å². The summed E-state index contributed by atoms with van der Waals surface area (Å²) in [6.45, 7) is 12.6. The Morgan fingerprint density at radius 3 is 1.36 bits per heavy atom. The molecule has 0 N–H and O–H groups in total. The van der Waals surface area contributed by atoms with Gasteiger partial charge in [-0.05, 0) is 74.2 Å². The van der Waals surface area contributed by atoms with Crippen molar-refractivity contribution in [3.63, 3.8) is 0 Å². The molecule has 0 radical (unpaired) electrons. The van der Waals surface area contributed by atoms with Gasteiger partial charge in [0.05, 0.1) is 0 Å². The Balaban J connectivity index is 1.84. The second kappa shape index (κ2) is 9.45. The smallest absolute Gasteiger partial charge is 0.0432 e. The van der Waals surface area contributed by atoms with Crippen LogP contribution in [0.15, 0.2) is 72.8 Å². The fourth-order valence-electron chi connectivity index (χ4n) is 3.70. The number of anilines is 2. The lowest BCUT2D eigenvalue weighted by Gasteiger charge is -2.28. The van der Waals surface area contributed by atoms with E-state index in [4.69, 9.17) is 0 Å². The van der Waals surface area contributed by atoms with Gasteiger partial charge in [-0.3, -0.25) is 0 Å². The molecule has 0 amide bonds. The van der Waals surface area contributed by atoms with Gasteiger partial charge in [0, 0.05) is 37.6 Å². The van der Waals surface area contributed by atoms with Crippen LogP contribution in [-0.4, -0.2) is 13.1 Å². The molecule has 2 nitrogen and oxygen atoms in total. The Kier molecular flexibility index (Phi) is 6.76. The third-order valence-electron chi connectivity index (χ3n) is 5.34. The molecular weight excluding hydrogens is 340 g/mol. The van der Waals surface area contributed by atoms with Gasteiger partial charge in [0.2, 0.25) is 0 Å². The molecule has 0 saturated carbocycles. The van der Waals surface area contributed by atoms with Crippen LogP contribution in [0.5, 0.6) is 0 Å². The lowest BCUT2D eigenvalue weighted by atomic mass is 10.0. The summed E-state index contributed by atoms with van der Waals surface area (Å²) in [6.07, 6.45) is 0. The number of rotatable bonds is 8. The van der Waals surface area contributed by atoms with Crippen LogP contribution in [0.3, 0.4) is 0 Å². The molecule has 0 saturated heterocycles. The van der Waals surface area contributed by atoms with E-state index in [9.17, 15) is 0 Å². The summed E-state index contributed by atoms with van der Waals surface area (Å²) in [7, 11) is 0. The number of hydrogen-bond acceptors (Lipinski definition) is 2. The van der Waals surface area contributed by atoms with Crippen molar-refractivity contribution in [2.24, 2.45) is 0 Å². The second-order valence-electron chi connectivity index (χ2n) is 7.48. The highest BCUT2D eigenvalue weighted by molar-refractivity contribution is 5.51. The maximum absolute atomic E-state index is 2.45. The SMILES string of the molecule is CCN(Cc1ccccc1CN(CC)c1cccc(C)c1)c1cccc(C)c1. The van der Waals surface area contributed by atoms with Crippen molar-refractivity contribution in [1.82, 2.24) is 0 Å². The summed E-state index contributed by atoms with van der Waals surface area (Å²) in [6, 6.07) is 26.5. The van der Waals surface area contributed by atoms with Crippen molar-refractivity contribution in [3.05, 3.63) is 95.1 Å². The van der Waals surface area contributed by atoms with E-state index in [0.717, 1.165) is 26.2 Å². The van der Waals surface area contributed by atoms with Crippen molar-refractivity contribution in [2.45, 2.75) is 40.8 Å². The minimum Gasteiger partial charge on any atom is -0.367 e. The standard InChI is InChI=1S/C26H32N2/c1-5-27(25-15-9-11-21(3)17-25)19-23-13-7-8-14-24(23)20-28(6-2)26-16-10-12-22(4)18-26/h7-18H,5-6,19-20H2,1-4H3. The summed E-state index contributed by atoms with van der Waals surface area (Å²) >= 11 is 0. The third kappa shape index (κ3) is 4.95. The highest BCUT2D eigenvalue weighted by atomic mass is 15.1. The lowest BCUT2D eigenvalue weighted by molar-refractivity contribution is 0.790. The summed E-state index contributed by atoms with van der Waals surface area (Å²) in [4.78, 5) is 4.91. The average Bonchev–Trinajstić information content (AvgIpc) is 2.71. The molecule has 146 valence electrons. The van der Waals surface area contributed by atoms with Crippen LogP contribution in [-0.2, 0) is 13.1 Å². The molecule has 0 aliphatic carbocycles. The van der Waals surface area contributed by atoms with E-state index in [0.29, 0.717) is 0 Å². The summed E-state index contributed by atoms with van der Waals surface area (Å²) in [5, 5.41) is 0. The first-order valence-electron chi connectivity index (χ1n) is 10.3. The number of benzene rings is 3. The first-order chi connectivity index (χ1) is 13.6. The molecule has 0 bridgehead atoms. The van der Waals surface area contributed by atoms with Gasteiger partial charge in [-0.25, -0.2) is 0 Å². The quantitative estimate of drug-likeness (QED) is 0.454. The van der Waals surface area contributed by atoms with Gasteiger partial charge in [0.1, 0.15) is 0 Å². The Morgan fingerprint density at radius 2 is 1.00 bits per heavy atom. The molecule has 2 heteroatoms. The van der Waals surface area contributed by atoms with Crippen LogP contribution in [0, 0.1) is 13.8 Å². The number of nitrogens with zero attached hydrogens (tertiary/aromatic N) is 2. The zero-order valence-electron chi connectivity index (χ0n) is 17.7. The zero-order valence-corrected chi connectivity index (χ0v) is 17.7. The van der Waals surface area contributed by atoms with Crippen LogP contribution >= 0.6 is 0 Å². The summed E-state index contributed by atoms with van der Waals surface area (Å²) in [5.41, 5.74) is 8.00. The van der Waals surface area contributed by atoms with E-state index < -0.39 is 0 Å². The minimum absolute atomic E-state index is 0.932. The van der Waals surface area contributed by atoms with Gasteiger partial charge in [-0.15, -0.1) is 0 Å². The normalized spacial score (nSPS) is 10.7. The van der Waals surface area contributed by atoms with Crippen molar-refractivity contribution >= 4 is 11.4 Å². The largest absolute Gasteiger partial charge is 0.367 e. The van der Waals surface area contributed by atoms with Crippen molar-refractivity contribution in [3.8, 4) is 0 Å². The predicted octanol–water partition coefficient (Wildman–Crippen LogP) is 6.36. The second-order valence-corrected chi connectivity index (χ2v) is 7.48. The fraction of sp³-hybridized carbons (Fsp3) is 0.308. The molecule has 0 heterocycles. The molecule has 0 spiro atoms. The minimum atomic E-state index is 0.932. The van der Waals surface area contributed by atoms with E-state index in [2.05, 4.69) is 110 Å². The first kappa shape index (κ1) is 20.0. The molecule has 3 aromatic rings. The highest BCUT2D eigenvalue weighted by Crippen LogP contribution is 2.23. The number of hydrogen-bond donors (Lipinski definition) is 0. The molecule has 3 rings (SSSR count).